The van der Waals surface area contributed by atoms with Gasteiger partial charge in [-0.05, 0) is 71.1 Å². The topological polar surface area (TPSA) is 25.4 Å². The molecule has 2 rings (SSSR count). The van der Waals surface area contributed by atoms with Gasteiger partial charge in [0, 0.05) is 23.5 Å². The molecule has 2 heterocycles. The summed E-state index contributed by atoms with van der Waals surface area (Å²) in [4.78, 5) is 10.6. The summed E-state index contributed by atoms with van der Waals surface area (Å²) in [5.74, 6) is 0. The van der Waals surface area contributed by atoms with Crippen molar-refractivity contribution < 1.29 is 4.84 Å². The Morgan fingerprint density at radius 2 is 1.70 bits per heavy atom. The average molecular weight is 276 g/mol. The van der Waals surface area contributed by atoms with E-state index in [1.807, 2.05) is 12.4 Å². The molecular weight excluding hydrogens is 248 g/mol. The van der Waals surface area contributed by atoms with Crippen LogP contribution < -0.4 is 0 Å². The first-order valence-electron chi connectivity index (χ1n) is 7.74. The molecule has 1 saturated heterocycles. The Morgan fingerprint density at radius 1 is 1.15 bits per heavy atom. The summed E-state index contributed by atoms with van der Waals surface area (Å²) in [5.41, 5.74) is 1.38. The van der Waals surface area contributed by atoms with E-state index in [1.54, 1.807) is 0 Å². The fourth-order valence-corrected chi connectivity index (χ4v) is 3.34. The van der Waals surface area contributed by atoms with Crippen molar-refractivity contribution in [2.75, 3.05) is 0 Å². The van der Waals surface area contributed by atoms with Gasteiger partial charge in [0.05, 0.1) is 0 Å². The molecule has 0 saturated carbocycles. The number of rotatable bonds is 4. The maximum Gasteiger partial charge on any atom is 0.104 e. The molecule has 0 aliphatic carbocycles. The van der Waals surface area contributed by atoms with E-state index >= 15 is 0 Å². The van der Waals surface area contributed by atoms with Crippen molar-refractivity contribution in [3.63, 3.8) is 0 Å². The van der Waals surface area contributed by atoms with Crippen LogP contribution in [0.1, 0.15) is 72.0 Å². The van der Waals surface area contributed by atoms with Crippen LogP contribution >= 0.6 is 0 Å². The molecule has 20 heavy (non-hydrogen) atoms. The highest BCUT2D eigenvalue weighted by Gasteiger charge is 2.43. The van der Waals surface area contributed by atoms with E-state index < -0.39 is 0 Å². The molecule has 1 aromatic rings. The van der Waals surface area contributed by atoms with Crippen molar-refractivity contribution in [2.45, 2.75) is 77.5 Å². The van der Waals surface area contributed by atoms with Gasteiger partial charge in [-0.2, -0.15) is 5.06 Å². The Morgan fingerprint density at radius 3 is 2.20 bits per heavy atom. The van der Waals surface area contributed by atoms with E-state index in [0.29, 0.717) is 0 Å². The molecule has 1 unspecified atom stereocenters. The lowest BCUT2D eigenvalue weighted by molar-refractivity contribution is -0.307. The second-order valence-corrected chi connectivity index (χ2v) is 7.06. The van der Waals surface area contributed by atoms with Gasteiger partial charge in [-0.1, -0.05) is 6.92 Å². The third kappa shape index (κ3) is 3.21. The maximum atomic E-state index is 6.46. The highest BCUT2D eigenvalue weighted by atomic mass is 16.7. The van der Waals surface area contributed by atoms with E-state index in [1.165, 1.54) is 24.8 Å². The van der Waals surface area contributed by atoms with E-state index in [4.69, 9.17) is 4.84 Å². The highest BCUT2D eigenvalue weighted by Crippen LogP contribution is 2.40. The second-order valence-electron chi connectivity index (χ2n) is 7.06. The van der Waals surface area contributed by atoms with Crippen molar-refractivity contribution in [2.24, 2.45) is 0 Å². The Hall–Kier alpha value is -0.930. The fraction of sp³-hybridized carbons (Fsp3) is 0.706. The van der Waals surface area contributed by atoms with Gasteiger partial charge in [0.1, 0.15) is 6.10 Å². The Kier molecular flexibility index (Phi) is 4.50. The number of hydroxylamine groups is 2. The van der Waals surface area contributed by atoms with Crippen molar-refractivity contribution in [3.8, 4) is 0 Å². The molecule has 1 aliphatic rings. The van der Waals surface area contributed by atoms with Gasteiger partial charge in [-0.3, -0.25) is 9.82 Å². The monoisotopic (exact) mass is 276 g/mol. The van der Waals surface area contributed by atoms with E-state index in [-0.39, 0.29) is 17.2 Å². The molecule has 3 nitrogen and oxygen atoms in total. The van der Waals surface area contributed by atoms with Crippen LogP contribution in [-0.4, -0.2) is 21.1 Å². The van der Waals surface area contributed by atoms with Gasteiger partial charge < -0.3 is 0 Å². The molecule has 0 spiro atoms. The molecule has 0 radical (unpaired) electrons. The van der Waals surface area contributed by atoms with Crippen LogP contribution in [0.3, 0.4) is 0 Å². The van der Waals surface area contributed by atoms with Crippen LogP contribution in [0.4, 0.5) is 0 Å². The van der Waals surface area contributed by atoms with E-state index in [0.717, 1.165) is 6.42 Å². The van der Waals surface area contributed by atoms with Crippen molar-refractivity contribution in [3.05, 3.63) is 30.1 Å². The smallest absolute Gasteiger partial charge is 0.104 e. The summed E-state index contributed by atoms with van der Waals surface area (Å²) in [6.45, 7) is 11.3. The van der Waals surface area contributed by atoms with Crippen LogP contribution in [0.25, 0.3) is 0 Å². The molecule has 1 atom stereocenters. The minimum atomic E-state index is 0.0855. The number of hydrogen-bond donors (Lipinski definition) is 0. The summed E-state index contributed by atoms with van der Waals surface area (Å²) >= 11 is 0. The fourth-order valence-electron chi connectivity index (χ4n) is 3.34. The SMILES string of the molecule is CCC(ON1C(C)(C)CCCC1(C)C)c1ccncc1. The number of hydrogen-bond acceptors (Lipinski definition) is 3. The minimum Gasteiger partial charge on any atom is -0.290 e. The van der Waals surface area contributed by atoms with Gasteiger partial charge in [0.2, 0.25) is 0 Å². The molecule has 0 N–H and O–H groups in total. The van der Waals surface area contributed by atoms with Crippen LogP contribution in [-0.2, 0) is 4.84 Å². The lowest BCUT2D eigenvalue weighted by Gasteiger charge is -2.52. The summed E-state index contributed by atoms with van der Waals surface area (Å²) < 4.78 is 0. The normalized spacial score (nSPS) is 23.4. The lowest BCUT2D eigenvalue weighted by Crippen LogP contribution is -2.58. The van der Waals surface area contributed by atoms with Gasteiger partial charge in [0.15, 0.2) is 0 Å². The molecule has 0 aromatic carbocycles. The minimum absolute atomic E-state index is 0.0855. The predicted octanol–water partition coefficient (Wildman–Crippen LogP) is 4.51. The summed E-state index contributed by atoms with van der Waals surface area (Å²) in [5, 5.41) is 2.25. The summed E-state index contributed by atoms with van der Waals surface area (Å²) in [7, 11) is 0. The molecular formula is C17H28N2O. The van der Waals surface area contributed by atoms with Crippen molar-refractivity contribution in [1.29, 1.82) is 0 Å². The molecule has 112 valence electrons. The highest BCUT2D eigenvalue weighted by molar-refractivity contribution is 5.13. The second kappa shape index (κ2) is 5.82. The number of nitrogens with zero attached hydrogens (tertiary/aromatic N) is 2. The predicted molar refractivity (Wildman–Crippen MR) is 82.2 cm³/mol. The molecule has 0 bridgehead atoms. The standard InChI is InChI=1S/C17H28N2O/c1-6-15(14-8-12-18-13-9-14)20-19-16(2,3)10-7-11-17(19,4)5/h8-9,12-13,15H,6-7,10-11H2,1-5H3. The molecule has 3 heteroatoms. The summed E-state index contributed by atoms with van der Waals surface area (Å²) in [6.07, 6.45) is 8.39. The van der Waals surface area contributed by atoms with Gasteiger partial charge in [0.25, 0.3) is 0 Å². The zero-order valence-corrected chi connectivity index (χ0v) is 13.5. The van der Waals surface area contributed by atoms with Crippen molar-refractivity contribution in [1.82, 2.24) is 10.0 Å². The largest absolute Gasteiger partial charge is 0.290 e. The van der Waals surface area contributed by atoms with Crippen molar-refractivity contribution >= 4 is 0 Å². The first kappa shape index (κ1) is 15.5. The van der Waals surface area contributed by atoms with Crippen LogP contribution in [0, 0.1) is 0 Å². The van der Waals surface area contributed by atoms with Gasteiger partial charge in [-0.25, -0.2) is 0 Å². The Bertz CT molecular complexity index is 412. The lowest BCUT2D eigenvalue weighted by atomic mass is 9.82. The molecule has 1 aliphatic heterocycles. The quantitative estimate of drug-likeness (QED) is 0.809. The Balaban J connectivity index is 2.20. The first-order valence-corrected chi connectivity index (χ1v) is 7.74. The number of pyridine rings is 1. The molecule has 1 fully saturated rings. The first-order chi connectivity index (χ1) is 9.37. The van der Waals surface area contributed by atoms with Gasteiger partial charge in [-0.15, -0.1) is 0 Å². The summed E-state index contributed by atoms with van der Waals surface area (Å²) in [6, 6.07) is 4.11. The van der Waals surface area contributed by atoms with Crippen LogP contribution in [0.5, 0.6) is 0 Å². The number of piperidine rings is 1. The zero-order chi connectivity index (χ0) is 14.8. The maximum absolute atomic E-state index is 6.46. The average Bonchev–Trinajstić information content (AvgIpc) is 2.38. The zero-order valence-electron chi connectivity index (χ0n) is 13.5. The van der Waals surface area contributed by atoms with Crippen LogP contribution in [0.15, 0.2) is 24.5 Å². The molecule has 1 aromatic heterocycles. The van der Waals surface area contributed by atoms with Gasteiger partial charge >= 0.3 is 0 Å². The molecule has 0 amide bonds. The number of aromatic nitrogens is 1. The van der Waals surface area contributed by atoms with E-state index in [2.05, 4.69) is 56.8 Å². The third-order valence-corrected chi connectivity index (χ3v) is 4.36. The third-order valence-electron chi connectivity index (χ3n) is 4.36. The Labute approximate surface area is 123 Å². The van der Waals surface area contributed by atoms with Crippen LogP contribution in [0.2, 0.25) is 0 Å². The van der Waals surface area contributed by atoms with E-state index in [9.17, 15) is 0 Å².